The number of esters is 1. The Hall–Kier alpha value is -0.600. The van der Waals surface area contributed by atoms with Crippen LogP contribution in [0.5, 0.6) is 0 Å². The molecule has 0 saturated heterocycles. The van der Waals surface area contributed by atoms with E-state index in [-0.39, 0.29) is 5.97 Å². The lowest BCUT2D eigenvalue weighted by molar-refractivity contribution is -0.143. The first-order chi connectivity index (χ1) is 7.20. The van der Waals surface area contributed by atoms with Gasteiger partial charge in [0.15, 0.2) is 0 Å². The zero-order valence-corrected chi connectivity index (χ0v) is 9.93. The van der Waals surface area contributed by atoms with E-state index in [1.807, 2.05) is 0 Å². The summed E-state index contributed by atoms with van der Waals surface area (Å²) in [5.41, 5.74) is 0. The maximum Gasteiger partial charge on any atom is 0.305 e. The maximum atomic E-state index is 13.2. The summed E-state index contributed by atoms with van der Waals surface area (Å²) >= 11 is 0. The highest BCUT2D eigenvalue weighted by molar-refractivity contribution is 5.69. The summed E-state index contributed by atoms with van der Waals surface area (Å²) in [4.78, 5) is 10.9. The van der Waals surface area contributed by atoms with Gasteiger partial charge >= 0.3 is 5.97 Å². The quantitative estimate of drug-likeness (QED) is 0.436. The van der Waals surface area contributed by atoms with Crippen LogP contribution >= 0.6 is 0 Å². The van der Waals surface area contributed by atoms with Gasteiger partial charge in [-0.1, -0.05) is 26.2 Å². The Morgan fingerprint density at radius 1 is 1.20 bits per heavy atom. The molecule has 3 heteroatoms. The van der Waals surface area contributed by atoms with Gasteiger partial charge in [-0.05, 0) is 26.2 Å². The van der Waals surface area contributed by atoms with Crippen LogP contribution in [0.15, 0.2) is 0 Å². The van der Waals surface area contributed by atoms with E-state index in [2.05, 4.69) is 6.92 Å². The molecule has 0 aliphatic carbocycles. The first-order valence-corrected chi connectivity index (χ1v) is 6.00. The number of halogens is 1. The third kappa shape index (κ3) is 9.70. The lowest BCUT2D eigenvalue weighted by Gasteiger charge is -2.07. The van der Waals surface area contributed by atoms with Crippen molar-refractivity contribution in [3.8, 4) is 0 Å². The predicted molar refractivity (Wildman–Crippen MR) is 59.5 cm³/mol. The average molecular weight is 218 g/mol. The number of rotatable bonds is 9. The Kier molecular flexibility index (Phi) is 9.54. The van der Waals surface area contributed by atoms with Crippen molar-refractivity contribution in [2.45, 2.75) is 65.0 Å². The van der Waals surface area contributed by atoms with Crippen LogP contribution in [0.25, 0.3) is 0 Å². The van der Waals surface area contributed by atoms with Gasteiger partial charge in [0.1, 0.15) is 6.17 Å². The molecule has 0 N–H and O–H groups in total. The van der Waals surface area contributed by atoms with Gasteiger partial charge in [0.2, 0.25) is 0 Å². The normalized spacial score (nSPS) is 12.5. The van der Waals surface area contributed by atoms with Crippen LogP contribution in [0.3, 0.4) is 0 Å². The largest absolute Gasteiger partial charge is 0.466 e. The van der Waals surface area contributed by atoms with Crippen molar-refractivity contribution in [1.82, 2.24) is 0 Å². The van der Waals surface area contributed by atoms with E-state index in [1.165, 1.54) is 0 Å². The summed E-state index contributed by atoms with van der Waals surface area (Å²) in [6.07, 6.45) is 4.50. The second-order valence-electron chi connectivity index (χ2n) is 3.79. The van der Waals surface area contributed by atoms with Crippen LogP contribution in [0.4, 0.5) is 4.39 Å². The molecule has 0 radical (unpaired) electrons. The average Bonchev–Trinajstić information content (AvgIpc) is 2.18. The first kappa shape index (κ1) is 14.4. The molecule has 0 rings (SSSR count). The van der Waals surface area contributed by atoms with Gasteiger partial charge in [-0.15, -0.1) is 0 Å². The lowest BCUT2D eigenvalue weighted by atomic mass is 10.1. The highest BCUT2D eigenvalue weighted by Crippen LogP contribution is 2.13. The minimum Gasteiger partial charge on any atom is -0.466 e. The van der Waals surface area contributed by atoms with Crippen molar-refractivity contribution < 1.29 is 13.9 Å². The van der Waals surface area contributed by atoms with E-state index in [0.29, 0.717) is 32.3 Å². The summed E-state index contributed by atoms with van der Waals surface area (Å²) in [6.45, 7) is 4.29. The number of carbonyl (C=O) groups is 1. The summed E-state index contributed by atoms with van der Waals surface area (Å²) < 4.78 is 18.0. The van der Waals surface area contributed by atoms with Crippen molar-refractivity contribution in [1.29, 1.82) is 0 Å². The molecule has 0 aromatic heterocycles. The van der Waals surface area contributed by atoms with Crippen LogP contribution in [-0.2, 0) is 9.53 Å². The topological polar surface area (TPSA) is 26.3 Å². The molecule has 1 unspecified atom stereocenters. The van der Waals surface area contributed by atoms with Gasteiger partial charge in [0.25, 0.3) is 0 Å². The van der Waals surface area contributed by atoms with Gasteiger partial charge in [-0.3, -0.25) is 4.79 Å². The van der Waals surface area contributed by atoms with E-state index in [9.17, 15) is 9.18 Å². The lowest BCUT2D eigenvalue weighted by Crippen LogP contribution is -2.06. The number of unbranched alkanes of at least 4 members (excludes halogenated alkanes) is 2. The first-order valence-electron chi connectivity index (χ1n) is 6.00. The molecule has 0 saturated carbocycles. The van der Waals surface area contributed by atoms with Crippen LogP contribution in [-0.4, -0.2) is 18.7 Å². The zero-order chi connectivity index (χ0) is 11.5. The zero-order valence-electron chi connectivity index (χ0n) is 9.93. The fraction of sp³-hybridized carbons (Fsp3) is 0.917. The van der Waals surface area contributed by atoms with Crippen molar-refractivity contribution in [3.63, 3.8) is 0 Å². The molecular weight excluding hydrogens is 195 g/mol. The predicted octanol–water partition coefficient (Wildman–Crippen LogP) is 3.64. The summed E-state index contributed by atoms with van der Waals surface area (Å²) in [6, 6.07) is 0. The molecule has 1 atom stereocenters. The SMILES string of the molecule is CCCCCC(F)CCCC(=O)OCC. The molecule has 0 heterocycles. The number of ether oxygens (including phenoxy) is 1. The highest BCUT2D eigenvalue weighted by Gasteiger charge is 2.08. The molecule has 0 aliphatic heterocycles. The van der Waals surface area contributed by atoms with Crippen molar-refractivity contribution >= 4 is 5.97 Å². The van der Waals surface area contributed by atoms with Crippen molar-refractivity contribution in [2.24, 2.45) is 0 Å². The smallest absolute Gasteiger partial charge is 0.305 e. The number of carbonyl (C=O) groups excluding carboxylic acids is 1. The van der Waals surface area contributed by atoms with Gasteiger partial charge in [-0.2, -0.15) is 0 Å². The third-order valence-electron chi connectivity index (χ3n) is 2.32. The van der Waals surface area contributed by atoms with E-state index in [0.717, 1.165) is 19.3 Å². The molecule has 15 heavy (non-hydrogen) atoms. The molecular formula is C12H23FO2. The molecule has 0 spiro atoms. The second kappa shape index (κ2) is 9.94. The van der Waals surface area contributed by atoms with Gasteiger partial charge in [0.05, 0.1) is 6.61 Å². The molecule has 0 amide bonds. The fourth-order valence-electron chi connectivity index (χ4n) is 1.46. The van der Waals surface area contributed by atoms with E-state index in [1.54, 1.807) is 6.92 Å². The summed E-state index contributed by atoms with van der Waals surface area (Å²) in [5, 5.41) is 0. The Morgan fingerprint density at radius 2 is 1.87 bits per heavy atom. The Morgan fingerprint density at radius 3 is 2.47 bits per heavy atom. The van der Waals surface area contributed by atoms with E-state index in [4.69, 9.17) is 4.74 Å². The van der Waals surface area contributed by atoms with Crippen molar-refractivity contribution in [2.75, 3.05) is 6.61 Å². The maximum absolute atomic E-state index is 13.2. The third-order valence-corrected chi connectivity index (χ3v) is 2.32. The molecule has 2 nitrogen and oxygen atoms in total. The molecule has 0 fully saturated rings. The van der Waals surface area contributed by atoms with Crippen LogP contribution in [0.1, 0.15) is 58.8 Å². The van der Waals surface area contributed by atoms with Gasteiger partial charge < -0.3 is 4.74 Å². The fourth-order valence-corrected chi connectivity index (χ4v) is 1.46. The Balaban J connectivity index is 3.30. The molecule has 0 aromatic rings. The Bertz CT molecular complexity index is 160. The number of hydrogen-bond donors (Lipinski definition) is 0. The monoisotopic (exact) mass is 218 g/mol. The van der Waals surface area contributed by atoms with Gasteiger partial charge in [0, 0.05) is 6.42 Å². The van der Waals surface area contributed by atoms with E-state index < -0.39 is 6.17 Å². The number of alkyl halides is 1. The van der Waals surface area contributed by atoms with Crippen LogP contribution < -0.4 is 0 Å². The molecule has 90 valence electrons. The summed E-state index contributed by atoms with van der Waals surface area (Å²) in [7, 11) is 0. The van der Waals surface area contributed by atoms with Crippen LogP contribution in [0, 0.1) is 0 Å². The van der Waals surface area contributed by atoms with Gasteiger partial charge in [-0.25, -0.2) is 4.39 Å². The Labute approximate surface area is 92.2 Å². The van der Waals surface area contributed by atoms with Crippen LogP contribution in [0.2, 0.25) is 0 Å². The standard InChI is InChI=1S/C12H23FO2/c1-3-5-6-8-11(13)9-7-10-12(14)15-4-2/h11H,3-10H2,1-2H3. The minimum atomic E-state index is -0.744. The molecule has 0 aromatic carbocycles. The summed E-state index contributed by atoms with van der Waals surface area (Å²) in [5.74, 6) is -0.210. The van der Waals surface area contributed by atoms with E-state index >= 15 is 0 Å². The molecule has 0 aliphatic rings. The second-order valence-corrected chi connectivity index (χ2v) is 3.79. The highest BCUT2D eigenvalue weighted by atomic mass is 19.1. The minimum absolute atomic E-state index is 0.210. The number of hydrogen-bond acceptors (Lipinski definition) is 2. The van der Waals surface area contributed by atoms with Crippen molar-refractivity contribution in [3.05, 3.63) is 0 Å². The molecule has 0 bridgehead atoms.